The molecule has 3 N–H and O–H groups in total. The van der Waals surface area contributed by atoms with Gasteiger partial charge in [-0.05, 0) is 30.3 Å². The van der Waals surface area contributed by atoms with Crippen LogP contribution in [0, 0.1) is 5.82 Å². The number of carbonyl (C=O) groups is 1. The summed E-state index contributed by atoms with van der Waals surface area (Å²) >= 11 is 5.81. The number of halogens is 2. The van der Waals surface area contributed by atoms with Gasteiger partial charge in [-0.3, -0.25) is 4.79 Å². The lowest BCUT2D eigenvalue weighted by Crippen LogP contribution is -2.13. The van der Waals surface area contributed by atoms with Crippen molar-refractivity contribution in [3.05, 3.63) is 52.9 Å². The lowest BCUT2D eigenvalue weighted by Gasteiger charge is -2.05. The van der Waals surface area contributed by atoms with Crippen LogP contribution in [-0.2, 0) is 0 Å². The van der Waals surface area contributed by atoms with Crippen molar-refractivity contribution in [1.82, 2.24) is 4.98 Å². The number of hydrogen-bond acceptors (Lipinski definition) is 3. The zero-order chi connectivity index (χ0) is 13.1. The molecule has 0 unspecified atom stereocenters. The average Bonchev–Trinajstić information content (AvgIpc) is 2.35. The maximum Gasteiger partial charge on any atom is 0.256 e. The van der Waals surface area contributed by atoms with Gasteiger partial charge in [0.05, 0.1) is 16.9 Å². The Labute approximate surface area is 108 Å². The number of nitrogens with one attached hydrogen (secondary N) is 1. The minimum Gasteiger partial charge on any atom is -0.398 e. The van der Waals surface area contributed by atoms with Gasteiger partial charge in [0, 0.05) is 5.56 Å². The summed E-state index contributed by atoms with van der Waals surface area (Å²) in [6.07, 6.45) is 1.02. The van der Waals surface area contributed by atoms with Gasteiger partial charge in [0.2, 0.25) is 0 Å². The van der Waals surface area contributed by atoms with Gasteiger partial charge in [0.15, 0.2) is 0 Å². The normalized spacial score (nSPS) is 10.1. The lowest BCUT2D eigenvalue weighted by molar-refractivity contribution is 0.102. The van der Waals surface area contributed by atoms with Crippen molar-refractivity contribution in [2.45, 2.75) is 0 Å². The molecular formula is C12H9ClFN3O. The SMILES string of the molecule is Nc1ccc(C(=O)Nc2ccc(F)cn2)cc1Cl. The molecule has 0 aliphatic heterocycles. The van der Waals surface area contributed by atoms with Gasteiger partial charge in [0.25, 0.3) is 5.91 Å². The van der Waals surface area contributed by atoms with Gasteiger partial charge in [0.1, 0.15) is 11.6 Å². The topological polar surface area (TPSA) is 68.0 Å². The standard InChI is InChI=1S/C12H9ClFN3O/c13-9-5-7(1-3-10(9)15)12(18)17-11-4-2-8(14)6-16-11/h1-6H,15H2,(H,16,17,18). The molecule has 6 heteroatoms. The minimum atomic E-state index is -0.469. The molecule has 0 atom stereocenters. The van der Waals surface area contributed by atoms with Crippen molar-refractivity contribution in [1.29, 1.82) is 0 Å². The van der Waals surface area contributed by atoms with Crippen LogP contribution in [0.1, 0.15) is 10.4 Å². The number of pyridine rings is 1. The number of amides is 1. The average molecular weight is 266 g/mol. The van der Waals surface area contributed by atoms with E-state index in [2.05, 4.69) is 10.3 Å². The predicted octanol–water partition coefficient (Wildman–Crippen LogP) is 2.71. The summed E-state index contributed by atoms with van der Waals surface area (Å²) in [7, 11) is 0. The summed E-state index contributed by atoms with van der Waals surface area (Å²) in [6, 6.07) is 7.11. The monoisotopic (exact) mass is 265 g/mol. The van der Waals surface area contributed by atoms with Gasteiger partial charge in [-0.25, -0.2) is 9.37 Å². The zero-order valence-corrected chi connectivity index (χ0v) is 9.91. The van der Waals surface area contributed by atoms with E-state index in [0.29, 0.717) is 16.3 Å². The first-order chi connectivity index (χ1) is 8.56. The molecule has 0 spiro atoms. The van der Waals surface area contributed by atoms with E-state index in [4.69, 9.17) is 17.3 Å². The molecule has 0 aliphatic rings. The molecule has 0 radical (unpaired) electrons. The molecule has 1 heterocycles. The maximum absolute atomic E-state index is 12.6. The molecule has 92 valence electrons. The number of rotatable bonds is 2. The Bertz CT molecular complexity index is 586. The summed E-state index contributed by atoms with van der Waals surface area (Å²) in [4.78, 5) is 15.5. The fourth-order valence-corrected chi connectivity index (χ4v) is 1.49. The van der Waals surface area contributed by atoms with Crippen LogP contribution in [0.15, 0.2) is 36.5 Å². The van der Waals surface area contributed by atoms with Crippen LogP contribution in [0.5, 0.6) is 0 Å². The number of nitrogens with zero attached hydrogens (tertiary/aromatic N) is 1. The van der Waals surface area contributed by atoms with Gasteiger partial charge in [-0.2, -0.15) is 0 Å². The van der Waals surface area contributed by atoms with Crippen LogP contribution in [-0.4, -0.2) is 10.9 Å². The van der Waals surface area contributed by atoms with E-state index >= 15 is 0 Å². The first-order valence-electron chi connectivity index (χ1n) is 5.04. The number of hydrogen-bond donors (Lipinski definition) is 2. The Balaban J connectivity index is 2.16. The molecule has 0 fully saturated rings. The fraction of sp³-hybridized carbons (Fsp3) is 0. The van der Waals surface area contributed by atoms with Crippen molar-refractivity contribution in [3.63, 3.8) is 0 Å². The minimum absolute atomic E-state index is 0.259. The zero-order valence-electron chi connectivity index (χ0n) is 9.15. The molecule has 2 rings (SSSR count). The predicted molar refractivity (Wildman–Crippen MR) is 68.0 cm³/mol. The number of carbonyl (C=O) groups excluding carboxylic acids is 1. The van der Waals surface area contributed by atoms with E-state index in [1.807, 2.05) is 0 Å². The molecule has 4 nitrogen and oxygen atoms in total. The highest BCUT2D eigenvalue weighted by Gasteiger charge is 2.08. The second kappa shape index (κ2) is 5.01. The summed E-state index contributed by atoms with van der Waals surface area (Å²) in [5, 5.41) is 2.82. The van der Waals surface area contributed by atoms with Crippen LogP contribution < -0.4 is 11.1 Å². The highest BCUT2D eigenvalue weighted by molar-refractivity contribution is 6.33. The molecule has 1 amide bonds. The van der Waals surface area contributed by atoms with Gasteiger partial charge >= 0.3 is 0 Å². The molecular weight excluding hydrogens is 257 g/mol. The van der Waals surface area contributed by atoms with E-state index in [1.54, 1.807) is 6.07 Å². The lowest BCUT2D eigenvalue weighted by atomic mass is 10.2. The van der Waals surface area contributed by atoms with Gasteiger partial charge in [-0.1, -0.05) is 11.6 Å². The Morgan fingerprint density at radius 3 is 2.72 bits per heavy atom. The van der Waals surface area contributed by atoms with E-state index in [-0.39, 0.29) is 5.82 Å². The molecule has 1 aromatic heterocycles. The Morgan fingerprint density at radius 2 is 2.11 bits per heavy atom. The van der Waals surface area contributed by atoms with Crippen molar-refractivity contribution in [2.24, 2.45) is 0 Å². The molecule has 2 aromatic rings. The van der Waals surface area contributed by atoms with E-state index < -0.39 is 11.7 Å². The van der Waals surface area contributed by atoms with Gasteiger partial charge < -0.3 is 11.1 Å². The molecule has 0 bridgehead atoms. The Kier molecular flexibility index (Phi) is 3.43. The molecule has 18 heavy (non-hydrogen) atoms. The van der Waals surface area contributed by atoms with Gasteiger partial charge in [-0.15, -0.1) is 0 Å². The third kappa shape index (κ3) is 2.75. The first-order valence-corrected chi connectivity index (χ1v) is 5.42. The van der Waals surface area contributed by atoms with Crippen molar-refractivity contribution in [2.75, 3.05) is 11.1 Å². The first kappa shape index (κ1) is 12.3. The Morgan fingerprint density at radius 1 is 1.33 bits per heavy atom. The highest BCUT2D eigenvalue weighted by atomic mass is 35.5. The van der Waals surface area contributed by atoms with Crippen LogP contribution in [0.4, 0.5) is 15.9 Å². The fourth-order valence-electron chi connectivity index (χ4n) is 1.31. The van der Waals surface area contributed by atoms with Crippen molar-refractivity contribution in [3.8, 4) is 0 Å². The van der Waals surface area contributed by atoms with Crippen molar-refractivity contribution >= 4 is 29.0 Å². The molecule has 0 saturated carbocycles. The van der Waals surface area contributed by atoms with E-state index in [9.17, 15) is 9.18 Å². The largest absolute Gasteiger partial charge is 0.398 e. The second-order valence-electron chi connectivity index (χ2n) is 3.55. The smallest absolute Gasteiger partial charge is 0.256 e. The van der Waals surface area contributed by atoms with E-state index in [1.165, 1.54) is 24.3 Å². The molecule has 1 aromatic carbocycles. The molecule has 0 aliphatic carbocycles. The molecule has 0 saturated heterocycles. The third-order valence-electron chi connectivity index (χ3n) is 2.23. The summed E-state index contributed by atoms with van der Waals surface area (Å²) in [6.45, 7) is 0. The maximum atomic E-state index is 12.6. The number of nitrogens with two attached hydrogens (primary N) is 1. The Hall–Kier alpha value is -2.14. The number of benzene rings is 1. The number of aromatic nitrogens is 1. The van der Waals surface area contributed by atoms with E-state index in [0.717, 1.165) is 6.20 Å². The summed E-state index contributed by atoms with van der Waals surface area (Å²) in [5.41, 5.74) is 6.28. The third-order valence-corrected chi connectivity index (χ3v) is 2.56. The summed E-state index contributed by atoms with van der Waals surface area (Å²) in [5.74, 6) is -0.603. The van der Waals surface area contributed by atoms with Crippen LogP contribution in [0.25, 0.3) is 0 Å². The quantitative estimate of drug-likeness (QED) is 0.821. The van der Waals surface area contributed by atoms with Crippen molar-refractivity contribution < 1.29 is 9.18 Å². The number of anilines is 2. The highest BCUT2D eigenvalue weighted by Crippen LogP contribution is 2.20. The van der Waals surface area contributed by atoms with Crippen LogP contribution in [0.2, 0.25) is 5.02 Å². The summed E-state index contributed by atoms with van der Waals surface area (Å²) < 4.78 is 12.6. The second-order valence-corrected chi connectivity index (χ2v) is 3.96. The number of nitrogen functional groups attached to an aromatic ring is 1. The van der Waals surface area contributed by atoms with Crippen LogP contribution in [0.3, 0.4) is 0 Å². The van der Waals surface area contributed by atoms with Crippen LogP contribution >= 0.6 is 11.6 Å².